The van der Waals surface area contributed by atoms with Crippen LogP contribution in [0.4, 0.5) is 4.39 Å². The summed E-state index contributed by atoms with van der Waals surface area (Å²) >= 11 is 0. The van der Waals surface area contributed by atoms with Crippen molar-refractivity contribution in [3.63, 3.8) is 0 Å². The highest BCUT2D eigenvalue weighted by Gasteiger charge is 2.36. The van der Waals surface area contributed by atoms with Crippen LogP contribution < -0.4 is 0 Å². The lowest BCUT2D eigenvalue weighted by molar-refractivity contribution is -0.141. The second kappa shape index (κ2) is 6.38. The van der Waals surface area contributed by atoms with E-state index >= 15 is 0 Å². The van der Waals surface area contributed by atoms with E-state index in [1.807, 2.05) is 6.92 Å². The van der Waals surface area contributed by atoms with Crippen molar-refractivity contribution in [1.29, 1.82) is 0 Å². The highest BCUT2D eigenvalue weighted by molar-refractivity contribution is 5.93. The summed E-state index contributed by atoms with van der Waals surface area (Å²) in [6.45, 7) is 2.18. The summed E-state index contributed by atoms with van der Waals surface area (Å²) in [5, 5.41) is 13.3. The van der Waals surface area contributed by atoms with E-state index < -0.39 is 23.7 Å². The van der Waals surface area contributed by atoms with Crippen molar-refractivity contribution in [3.8, 4) is 5.69 Å². The predicted molar refractivity (Wildman–Crippen MR) is 82.4 cm³/mol. The van der Waals surface area contributed by atoms with E-state index in [1.54, 1.807) is 18.2 Å². The molecule has 0 radical (unpaired) electrons. The zero-order valence-corrected chi connectivity index (χ0v) is 13.1. The summed E-state index contributed by atoms with van der Waals surface area (Å²) in [4.78, 5) is 29.3. The first kappa shape index (κ1) is 16.1. The Labute approximate surface area is 137 Å². The second-order valence-corrected chi connectivity index (χ2v) is 5.56. The number of aryl methyl sites for hydroxylation is 1. The smallest absolute Gasteiger partial charge is 0.326 e. The second-order valence-electron chi connectivity index (χ2n) is 5.56. The maximum absolute atomic E-state index is 14.0. The van der Waals surface area contributed by atoms with Crippen LogP contribution in [0.1, 0.15) is 36.2 Å². The number of halogens is 1. The minimum Gasteiger partial charge on any atom is -0.480 e. The first-order chi connectivity index (χ1) is 11.5. The van der Waals surface area contributed by atoms with E-state index in [0.29, 0.717) is 31.6 Å². The molecule has 1 aromatic carbocycles. The van der Waals surface area contributed by atoms with Crippen molar-refractivity contribution < 1.29 is 19.1 Å². The van der Waals surface area contributed by atoms with Gasteiger partial charge < -0.3 is 10.0 Å². The number of carbonyl (C=O) groups excluding carboxylic acids is 1. The third kappa shape index (κ3) is 2.75. The van der Waals surface area contributed by atoms with Gasteiger partial charge in [-0.15, -0.1) is 5.10 Å². The molecule has 0 aliphatic carbocycles. The maximum Gasteiger partial charge on any atom is 0.326 e. The number of carboxylic acid groups (broad SMARTS) is 1. The summed E-state index contributed by atoms with van der Waals surface area (Å²) in [7, 11) is 0. The van der Waals surface area contributed by atoms with E-state index in [4.69, 9.17) is 0 Å². The monoisotopic (exact) mass is 332 g/mol. The molecule has 126 valence electrons. The molecule has 0 spiro atoms. The Morgan fingerprint density at radius 3 is 2.79 bits per heavy atom. The fourth-order valence-electron chi connectivity index (χ4n) is 2.88. The molecule has 1 aliphatic heterocycles. The van der Waals surface area contributed by atoms with Crippen molar-refractivity contribution in [3.05, 3.63) is 41.7 Å². The van der Waals surface area contributed by atoms with Crippen LogP contribution in [0.2, 0.25) is 0 Å². The topological polar surface area (TPSA) is 88.3 Å². The van der Waals surface area contributed by atoms with Crippen molar-refractivity contribution >= 4 is 11.9 Å². The molecule has 1 atom stereocenters. The van der Waals surface area contributed by atoms with Gasteiger partial charge in [-0.3, -0.25) is 4.79 Å². The zero-order chi connectivity index (χ0) is 17.3. The number of aliphatic carboxylic acids is 1. The Morgan fingerprint density at radius 2 is 2.12 bits per heavy atom. The third-order valence-electron chi connectivity index (χ3n) is 4.06. The minimum absolute atomic E-state index is 0.108. The van der Waals surface area contributed by atoms with Gasteiger partial charge in [-0.1, -0.05) is 19.1 Å². The molecule has 1 aromatic heterocycles. The fourth-order valence-corrected chi connectivity index (χ4v) is 2.88. The fraction of sp³-hybridized carbons (Fsp3) is 0.375. The van der Waals surface area contributed by atoms with Crippen molar-refractivity contribution in [2.75, 3.05) is 6.54 Å². The zero-order valence-electron chi connectivity index (χ0n) is 13.1. The van der Waals surface area contributed by atoms with Crippen LogP contribution in [-0.2, 0) is 11.2 Å². The first-order valence-electron chi connectivity index (χ1n) is 7.77. The van der Waals surface area contributed by atoms with Crippen molar-refractivity contribution in [1.82, 2.24) is 19.7 Å². The highest BCUT2D eigenvalue weighted by atomic mass is 19.1. The number of hydrogen-bond acceptors (Lipinski definition) is 4. The Morgan fingerprint density at radius 1 is 1.38 bits per heavy atom. The highest BCUT2D eigenvalue weighted by Crippen LogP contribution is 2.21. The SMILES string of the molecule is CCc1nc(C(=O)N2CCC[C@H]2C(=O)O)nn1-c1ccccc1F. The molecule has 7 nitrogen and oxygen atoms in total. The van der Waals surface area contributed by atoms with Gasteiger partial charge in [0, 0.05) is 13.0 Å². The number of carboxylic acids is 1. The van der Waals surface area contributed by atoms with Gasteiger partial charge in [-0.25, -0.2) is 18.9 Å². The summed E-state index contributed by atoms with van der Waals surface area (Å²) in [5.41, 5.74) is 0.206. The summed E-state index contributed by atoms with van der Waals surface area (Å²) in [6, 6.07) is 5.23. The number of nitrogens with zero attached hydrogens (tertiary/aromatic N) is 4. The molecule has 2 heterocycles. The summed E-state index contributed by atoms with van der Waals surface area (Å²) in [6.07, 6.45) is 1.49. The summed E-state index contributed by atoms with van der Waals surface area (Å²) in [5.74, 6) is -1.71. The van der Waals surface area contributed by atoms with Gasteiger partial charge in [0.05, 0.1) is 0 Å². The molecule has 1 saturated heterocycles. The van der Waals surface area contributed by atoms with Gasteiger partial charge in [0.25, 0.3) is 5.91 Å². The normalized spacial score (nSPS) is 17.2. The molecule has 0 bridgehead atoms. The molecular weight excluding hydrogens is 315 g/mol. The van der Waals surface area contributed by atoms with Crippen LogP contribution in [0.15, 0.2) is 24.3 Å². The average molecular weight is 332 g/mol. The van der Waals surface area contributed by atoms with E-state index in [0.717, 1.165) is 0 Å². The molecule has 1 N–H and O–H groups in total. The number of likely N-dealkylation sites (tertiary alicyclic amines) is 1. The number of amides is 1. The average Bonchev–Trinajstić information content (AvgIpc) is 3.21. The number of hydrogen-bond donors (Lipinski definition) is 1. The molecular formula is C16H17FN4O3. The number of benzene rings is 1. The molecule has 1 amide bonds. The van der Waals surface area contributed by atoms with Gasteiger partial charge in [0.1, 0.15) is 23.4 Å². The van der Waals surface area contributed by atoms with Gasteiger partial charge in [0.2, 0.25) is 5.82 Å². The largest absolute Gasteiger partial charge is 0.480 e. The lowest BCUT2D eigenvalue weighted by atomic mass is 10.2. The molecule has 2 aromatic rings. The summed E-state index contributed by atoms with van der Waals surface area (Å²) < 4.78 is 15.3. The molecule has 24 heavy (non-hydrogen) atoms. The first-order valence-corrected chi connectivity index (χ1v) is 7.77. The molecule has 1 fully saturated rings. The van der Waals surface area contributed by atoms with Gasteiger partial charge >= 0.3 is 5.97 Å². The number of carbonyl (C=O) groups is 2. The molecule has 3 rings (SSSR count). The van der Waals surface area contributed by atoms with Crippen LogP contribution in [0.5, 0.6) is 0 Å². The molecule has 8 heteroatoms. The van der Waals surface area contributed by atoms with Crippen molar-refractivity contribution in [2.45, 2.75) is 32.2 Å². The number of para-hydroxylation sites is 1. The molecule has 1 aliphatic rings. The Bertz CT molecular complexity index is 789. The molecule has 0 saturated carbocycles. The van der Waals surface area contributed by atoms with E-state index in [-0.39, 0.29) is 11.5 Å². The van der Waals surface area contributed by atoms with Gasteiger partial charge in [0.15, 0.2) is 0 Å². The predicted octanol–water partition coefficient (Wildman–Crippen LogP) is 1.66. The Balaban J connectivity index is 1.97. The van der Waals surface area contributed by atoms with Crippen molar-refractivity contribution in [2.24, 2.45) is 0 Å². The van der Waals surface area contributed by atoms with Crippen LogP contribution in [0, 0.1) is 5.82 Å². The van der Waals surface area contributed by atoms with E-state index in [1.165, 1.54) is 15.6 Å². The lowest BCUT2D eigenvalue weighted by Crippen LogP contribution is -2.40. The van der Waals surface area contributed by atoms with Crippen LogP contribution >= 0.6 is 0 Å². The Hall–Kier alpha value is -2.77. The van der Waals surface area contributed by atoms with Crippen LogP contribution in [-0.4, -0.2) is 49.2 Å². The maximum atomic E-state index is 14.0. The number of rotatable bonds is 4. The van der Waals surface area contributed by atoms with Crippen LogP contribution in [0.25, 0.3) is 5.69 Å². The van der Waals surface area contributed by atoms with Gasteiger partial charge in [-0.2, -0.15) is 0 Å². The van der Waals surface area contributed by atoms with Crippen LogP contribution in [0.3, 0.4) is 0 Å². The van der Waals surface area contributed by atoms with Gasteiger partial charge in [-0.05, 0) is 25.0 Å². The standard InChI is InChI=1S/C16H17FN4O3/c1-2-13-18-14(15(22)20-9-5-8-12(20)16(23)24)19-21(13)11-7-4-3-6-10(11)17/h3-4,6-7,12H,2,5,8-9H2,1H3,(H,23,24)/t12-/m0/s1. The van der Waals surface area contributed by atoms with E-state index in [9.17, 15) is 19.1 Å². The molecule has 0 unspecified atom stereocenters. The third-order valence-corrected chi connectivity index (χ3v) is 4.06. The van der Waals surface area contributed by atoms with E-state index in [2.05, 4.69) is 10.1 Å². The Kier molecular flexibility index (Phi) is 4.28. The lowest BCUT2D eigenvalue weighted by Gasteiger charge is -2.19. The quantitative estimate of drug-likeness (QED) is 0.920. The minimum atomic E-state index is -1.04. The number of aromatic nitrogens is 3.